The van der Waals surface area contributed by atoms with Crippen molar-refractivity contribution in [2.75, 3.05) is 0 Å². The molecule has 0 aromatic rings. The van der Waals surface area contributed by atoms with Crippen molar-refractivity contribution in [3.05, 3.63) is 6.54 Å². The fourth-order valence-electron chi connectivity index (χ4n) is 2.89. The van der Waals surface area contributed by atoms with Crippen LogP contribution in [-0.2, 0) is 4.79 Å². The molecule has 2 heteroatoms. The summed E-state index contributed by atoms with van der Waals surface area (Å²) in [6.45, 7) is 8.51. The van der Waals surface area contributed by atoms with Crippen LogP contribution in [-0.4, -0.2) is 5.91 Å². The lowest BCUT2D eigenvalue weighted by Gasteiger charge is -2.05. The van der Waals surface area contributed by atoms with E-state index < -0.39 is 0 Å². The summed E-state index contributed by atoms with van der Waals surface area (Å²) >= 11 is 0. The van der Waals surface area contributed by atoms with Gasteiger partial charge in [0.15, 0.2) is 0 Å². The molecule has 0 unspecified atom stereocenters. The van der Waals surface area contributed by atoms with E-state index in [2.05, 4.69) is 19.2 Å². The predicted molar refractivity (Wildman–Crippen MR) is 102 cm³/mol. The lowest BCUT2D eigenvalue weighted by molar-refractivity contribution is -0.120. The number of carbonyl (C=O) groups is 1. The fraction of sp³-hybridized carbons (Fsp3) is 0.905. The van der Waals surface area contributed by atoms with E-state index in [0.29, 0.717) is 6.42 Å². The molecule has 0 heterocycles. The van der Waals surface area contributed by atoms with Crippen LogP contribution in [0.5, 0.6) is 0 Å². The van der Waals surface area contributed by atoms with Gasteiger partial charge < -0.3 is 5.32 Å². The average molecular weight is 325 g/mol. The van der Waals surface area contributed by atoms with Gasteiger partial charge in [0.2, 0.25) is 5.91 Å². The molecule has 1 N–H and O–H groups in total. The molecule has 2 nitrogen and oxygen atoms in total. The zero-order chi connectivity index (χ0) is 17.2. The smallest absolute Gasteiger partial charge is 0.220 e. The van der Waals surface area contributed by atoms with Gasteiger partial charge in [0, 0.05) is 13.0 Å². The highest BCUT2D eigenvalue weighted by Gasteiger charge is 1.99. The van der Waals surface area contributed by atoms with Gasteiger partial charge in [-0.1, -0.05) is 97.8 Å². The minimum atomic E-state index is 0.181. The second-order valence-corrected chi connectivity index (χ2v) is 7.36. The van der Waals surface area contributed by atoms with Gasteiger partial charge in [-0.15, -0.1) is 0 Å². The van der Waals surface area contributed by atoms with Gasteiger partial charge in [-0.05, 0) is 18.8 Å². The second kappa shape index (κ2) is 17.8. The highest BCUT2D eigenvalue weighted by Crippen LogP contribution is 2.14. The zero-order valence-corrected chi connectivity index (χ0v) is 16.2. The normalized spacial score (nSPS) is 11.1. The van der Waals surface area contributed by atoms with Gasteiger partial charge in [0.05, 0.1) is 0 Å². The maximum atomic E-state index is 11.4. The molecule has 0 aliphatic heterocycles. The first kappa shape index (κ1) is 22.5. The highest BCUT2D eigenvalue weighted by atomic mass is 16.1. The fourth-order valence-corrected chi connectivity index (χ4v) is 2.89. The molecule has 1 amide bonds. The summed E-state index contributed by atoms with van der Waals surface area (Å²) in [6.07, 6.45) is 19.2. The van der Waals surface area contributed by atoms with Crippen LogP contribution in [0.4, 0.5) is 0 Å². The van der Waals surface area contributed by atoms with E-state index in [0.717, 1.165) is 18.8 Å². The van der Waals surface area contributed by atoms with E-state index in [1.165, 1.54) is 77.0 Å². The largest absolute Gasteiger partial charge is 0.351 e. The zero-order valence-electron chi connectivity index (χ0n) is 16.2. The second-order valence-electron chi connectivity index (χ2n) is 7.36. The molecule has 0 aliphatic carbocycles. The molecule has 0 atom stereocenters. The lowest BCUT2D eigenvalue weighted by atomic mass is 10.0. The minimum absolute atomic E-state index is 0.181. The monoisotopic (exact) mass is 324 g/mol. The van der Waals surface area contributed by atoms with Crippen molar-refractivity contribution in [3.8, 4) is 0 Å². The van der Waals surface area contributed by atoms with Crippen LogP contribution in [0.25, 0.3) is 0 Å². The summed E-state index contributed by atoms with van der Waals surface area (Å²) in [5.41, 5.74) is 0. The quantitative estimate of drug-likeness (QED) is 0.293. The molecule has 0 aromatic carbocycles. The van der Waals surface area contributed by atoms with Crippen molar-refractivity contribution in [1.29, 1.82) is 0 Å². The third-order valence-electron chi connectivity index (χ3n) is 4.40. The van der Waals surface area contributed by atoms with E-state index in [4.69, 9.17) is 0 Å². The van der Waals surface area contributed by atoms with E-state index in [1.54, 1.807) is 0 Å². The Morgan fingerprint density at radius 1 is 0.783 bits per heavy atom. The van der Waals surface area contributed by atoms with Gasteiger partial charge in [-0.3, -0.25) is 4.79 Å². The van der Waals surface area contributed by atoms with Crippen LogP contribution in [0.15, 0.2) is 0 Å². The van der Waals surface area contributed by atoms with E-state index in [-0.39, 0.29) is 5.91 Å². The van der Waals surface area contributed by atoms with Crippen molar-refractivity contribution >= 4 is 5.91 Å². The Morgan fingerprint density at radius 3 is 1.65 bits per heavy atom. The highest BCUT2D eigenvalue weighted by molar-refractivity contribution is 5.76. The molecule has 0 fully saturated rings. The molecular formula is C21H42NO. The van der Waals surface area contributed by atoms with E-state index in [9.17, 15) is 4.79 Å². The summed E-state index contributed by atoms with van der Waals surface area (Å²) in [7, 11) is 0. The van der Waals surface area contributed by atoms with E-state index >= 15 is 0 Å². The first-order chi connectivity index (χ1) is 11.2. The molecule has 23 heavy (non-hydrogen) atoms. The van der Waals surface area contributed by atoms with Crippen molar-refractivity contribution in [2.24, 2.45) is 5.92 Å². The van der Waals surface area contributed by atoms with Crippen LogP contribution >= 0.6 is 0 Å². The van der Waals surface area contributed by atoms with Gasteiger partial charge >= 0.3 is 0 Å². The first-order valence-corrected chi connectivity index (χ1v) is 10.3. The number of unbranched alkanes of at least 4 members (excludes halogenated alkanes) is 11. The minimum Gasteiger partial charge on any atom is -0.351 e. The summed E-state index contributed by atoms with van der Waals surface area (Å²) in [5.74, 6) is 1.05. The first-order valence-electron chi connectivity index (χ1n) is 10.3. The topological polar surface area (TPSA) is 29.1 Å². The molecule has 0 aromatic heterocycles. The Morgan fingerprint density at radius 2 is 1.22 bits per heavy atom. The van der Waals surface area contributed by atoms with Crippen molar-refractivity contribution in [2.45, 2.75) is 117 Å². The number of hydrogen-bond acceptors (Lipinski definition) is 1. The molecule has 0 saturated heterocycles. The number of carbonyl (C=O) groups excluding carboxylic acids is 1. The summed E-state index contributed by atoms with van der Waals surface area (Å²) in [6, 6.07) is 0. The summed E-state index contributed by atoms with van der Waals surface area (Å²) in [5, 5.41) is 2.82. The van der Waals surface area contributed by atoms with Crippen molar-refractivity contribution in [3.63, 3.8) is 0 Å². The average Bonchev–Trinajstić information content (AvgIpc) is 2.52. The Labute approximate surface area is 146 Å². The number of hydrogen-bond donors (Lipinski definition) is 1. The number of amides is 1. The van der Waals surface area contributed by atoms with Gasteiger partial charge in [-0.2, -0.15) is 0 Å². The molecule has 0 saturated carbocycles. The van der Waals surface area contributed by atoms with Gasteiger partial charge in [0.25, 0.3) is 0 Å². The van der Waals surface area contributed by atoms with Gasteiger partial charge in [-0.25, -0.2) is 0 Å². The van der Waals surface area contributed by atoms with Crippen LogP contribution in [0.1, 0.15) is 117 Å². The van der Waals surface area contributed by atoms with Crippen LogP contribution < -0.4 is 5.32 Å². The molecule has 137 valence electrons. The van der Waals surface area contributed by atoms with Gasteiger partial charge in [0.1, 0.15) is 0 Å². The predicted octanol–water partition coefficient (Wildman–Crippen LogP) is 6.79. The molecule has 0 spiro atoms. The van der Waals surface area contributed by atoms with Crippen LogP contribution in [0, 0.1) is 12.5 Å². The van der Waals surface area contributed by atoms with Crippen molar-refractivity contribution < 1.29 is 4.79 Å². The molecule has 0 rings (SSSR count). The Kier molecular flexibility index (Phi) is 17.4. The summed E-state index contributed by atoms with van der Waals surface area (Å²) < 4.78 is 0. The SMILES string of the molecule is CC[CH]NC(=O)CCCCCCCCCCCCCCC(C)C. The lowest BCUT2D eigenvalue weighted by Crippen LogP contribution is -2.19. The van der Waals surface area contributed by atoms with Crippen molar-refractivity contribution in [1.82, 2.24) is 5.32 Å². The third-order valence-corrected chi connectivity index (χ3v) is 4.40. The molecule has 1 radical (unpaired) electrons. The number of nitrogens with one attached hydrogen (secondary N) is 1. The maximum absolute atomic E-state index is 11.4. The van der Waals surface area contributed by atoms with Crippen LogP contribution in [0.3, 0.4) is 0 Å². The van der Waals surface area contributed by atoms with E-state index in [1.807, 2.05) is 13.5 Å². The molecular weight excluding hydrogens is 282 g/mol. The summed E-state index contributed by atoms with van der Waals surface area (Å²) in [4.78, 5) is 11.4. The number of rotatable bonds is 17. The Hall–Kier alpha value is -0.530. The maximum Gasteiger partial charge on any atom is 0.220 e. The molecule has 0 aliphatic rings. The molecule has 0 bridgehead atoms. The standard InChI is InChI=1S/C21H42NO/c1-4-19-22-21(23)18-16-14-12-10-8-6-5-7-9-11-13-15-17-20(2)3/h19-20H,4-18H2,1-3H3,(H,22,23). The third kappa shape index (κ3) is 19.4. The van der Waals surface area contributed by atoms with Crippen LogP contribution in [0.2, 0.25) is 0 Å². The Bertz CT molecular complexity index is 250. The Balaban J connectivity index is 3.06.